The molecule has 20 heavy (non-hydrogen) atoms. The molecule has 1 aliphatic heterocycles. The van der Waals surface area contributed by atoms with Gasteiger partial charge in [-0.1, -0.05) is 34.6 Å². The molecule has 2 fully saturated rings. The minimum absolute atomic E-state index is 0.432. The number of hydrogen-bond donors (Lipinski definition) is 1. The molecule has 0 aromatic carbocycles. The number of nitrogens with two attached hydrogens (primary N) is 1. The third-order valence-corrected chi connectivity index (χ3v) is 5.70. The second-order valence-electron chi connectivity index (χ2n) is 8.96. The molecule has 2 rings (SSSR count). The fourth-order valence-corrected chi connectivity index (χ4v) is 4.56. The molecule has 0 bridgehead atoms. The van der Waals surface area contributed by atoms with Crippen LogP contribution in [-0.2, 0) is 0 Å². The lowest BCUT2D eigenvalue weighted by atomic mass is 9.67. The van der Waals surface area contributed by atoms with Crippen LogP contribution in [0, 0.1) is 29.1 Å². The predicted octanol–water partition coefficient (Wildman–Crippen LogP) is 3.75. The first-order chi connectivity index (χ1) is 9.25. The molecule has 1 heterocycles. The summed E-state index contributed by atoms with van der Waals surface area (Å²) in [6, 6.07) is 0.432. The molecule has 118 valence electrons. The van der Waals surface area contributed by atoms with Gasteiger partial charge in [-0.3, -0.25) is 0 Å². The summed E-state index contributed by atoms with van der Waals surface area (Å²) in [5, 5.41) is 0. The summed E-state index contributed by atoms with van der Waals surface area (Å²) in [6.45, 7) is 15.8. The summed E-state index contributed by atoms with van der Waals surface area (Å²) in [5.41, 5.74) is 6.89. The maximum Gasteiger partial charge on any atom is 0.00795 e. The van der Waals surface area contributed by atoms with Crippen LogP contribution in [-0.4, -0.2) is 30.6 Å². The molecule has 0 amide bonds. The standard InChI is InChI=1S/C18H36N2/c1-13-8-14(2)11-20(10-13)12-15-9-16(18(3,4)5)6-7-17(15)19/h13-17H,6-12,19H2,1-5H3. The molecule has 5 atom stereocenters. The molecular formula is C18H36N2. The van der Waals surface area contributed by atoms with Crippen LogP contribution in [0.25, 0.3) is 0 Å². The summed E-state index contributed by atoms with van der Waals surface area (Å²) in [5.74, 6) is 3.28. The van der Waals surface area contributed by atoms with E-state index in [0.29, 0.717) is 17.4 Å². The summed E-state index contributed by atoms with van der Waals surface area (Å²) < 4.78 is 0. The van der Waals surface area contributed by atoms with Crippen molar-refractivity contribution in [2.75, 3.05) is 19.6 Å². The molecule has 0 radical (unpaired) electrons. The van der Waals surface area contributed by atoms with Crippen molar-refractivity contribution < 1.29 is 0 Å². The molecule has 2 heteroatoms. The van der Waals surface area contributed by atoms with Crippen molar-refractivity contribution in [1.82, 2.24) is 4.90 Å². The van der Waals surface area contributed by atoms with Gasteiger partial charge in [0.15, 0.2) is 0 Å². The van der Waals surface area contributed by atoms with Crippen LogP contribution in [0.3, 0.4) is 0 Å². The molecule has 0 aromatic rings. The highest BCUT2D eigenvalue weighted by molar-refractivity contribution is 4.89. The maximum absolute atomic E-state index is 6.44. The average Bonchev–Trinajstić information content (AvgIpc) is 2.29. The third-order valence-electron chi connectivity index (χ3n) is 5.70. The monoisotopic (exact) mass is 280 g/mol. The molecule has 1 saturated heterocycles. The van der Waals surface area contributed by atoms with Crippen molar-refractivity contribution in [1.29, 1.82) is 0 Å². The normalized spacial score (nSPS) is 40.8. The number of rotatable bonds is 2. The van der Waals surface area contributed by atoms with Crippen LogP contribution >= 0.6 is 0 Å². The van der Waals surface area contributed by atoms with Crippen molar-refractivity contribution in [3.63, 3.8) is 0 Å². The summed E-state index contributed by atoms with van der Waals surface area (Å²) in [7, 11) is 0. The molecular weight excluding hydrogens is 244 g/mol. The smallest absolute Gasteiger partial charge is 0.00795 e. The number of likely N-dealkylation sites (tertiary alicyclic amines) is 1. The number of nitrogens with zero attached hydrogens (tertiary/aromatic N) is 1. The van der Waals surface area contributed by atoms with Gasteiger partial charge < -0.3 is 10.6 Å². The Balaban J connectivity index is 1.93. The molecule has 0 spiro atoms. The van der Waals surface area contributed by atoms with Crippen molar-refractivity contribution in [2.45, 2.75) is 66.3 Å². The van der Waals surface area contributed by atoms with Gasteiger partial charge in [-0.25, -0.2) is 0 Å². The first kappa shape index (κ1) is 16.3. The van der Waals surface area contributed by atoms with Gasteiger partial charge in [0.25, 0.3) is 0 Å². The zero-order valence-electron chi connectivity index (χ0n) is 14.4. The quantitative estimate of drug-likeness (QED) is 0.834. The highest BCUT2D eigenvalue weighted by Crippen LogP contribution is 2.40. The van der Waals surface area contributed by atoms with Crippen LogP contribution in [0.15, 0.2) is 0 Å². The zero-order chi connectivity index (χ0) is 14.9. The first-order valence-electron chi connectivity index (χ1n) is 8.73. The SMILES string of the molecule is CC1CC(C)CN(CC2CC(C(C)(C)C)CCC2N)C1. The van der Waals surface area contributed by atoms with Gasteiger partial charge in [0, 0.05) is 25.7 Å². The van der Waals surface area contributed by atoms with E-state index < -0.39 is 0 Å². The van der Waals surface area contributed by atoms with Crippen LogP contribution in [0.2, 0.25) is 0 Å². The molecule has 5 unspecified atom stereocenters. The Morgan fingerprint density at radius 3 is 2.15 bits per heavy atom. The van der Waals surface area contributed by atoms with Gasteiger partial charge in [0.2, 0.25) is 0 Å². The van der Waals surface area contributed by atoms with Crippen molar-refractivity contribution in [3.05, 3.63) is 0 Å². The molecule has 0 aromatic heterocycles. The van der Waals surface area contributed by atoms with Gasteiger partial charge in [-0.2, -0.15) is 0 Å². The number of hydrogen-bond acceptors (Lipinski definition) is 2. The zero-order valence-corrected chi connectivity index (χ0v) is 14.4. The highest BCUT2D eigenvalue weighted by atomic mass is 15.1. The van der Waals surface area contributed by atoms with Gasteiger partial charge in [0.05, 0.1) is 0 Å². The molecule has 2 nitrogen and oxygen atoms in total. The Morgan fingerprint density at radius 2 is 1.60 bits per heavy atom. The average molecular weight is 280 g/mol. The van der Waals surface area contributed by atoms with E-state index >= 15 is 0 Å². The van der Waals surface area contributed by atoms with E-state index in [2.05, 4.69) is 39.5 Å². The van der Waals surface area contributed by atoms with E-state index in [-0.39, 0.29) is 0 Å². The first-order valence-corrected chi connectivity index (χ1v) is 8.73. The van der Waals surface area contributed by atoms with Gasteiger partial charge in [-0.15, -0.1) is 0 Å². The van der Waals surface area contributed by atoms with Gasteiger partial charge >= 0.3 is 0 Å². The second kappa shape index (κ2) is 6.36. The van der Waals surface area contributed by atoms with E-state index in [0.717, 1.165) is 17.8 Å². The molecule has 1 saturated carbocycles. The third kappa shape index (κ3) is 4.21. The summed E-state index contributed by atoms with van der Waals surface area (Å²) in [6.07, 6.45) is 5.29. The van der Waals surface area contributed by atoms with Crippen molar-refractivity contribution in [2.24, 2.45) is 34.8 Å². The minimum Gasteiger partial charge on any atom is -0.327 e. The topological polar surface area (TPSA) is 29.3 Å². The van der Waals surface area contributed by atoms with E-state index in [9.17, 15) is 0 Å². The van der Waals surface area contributed by atoms with Crippen LogP contribution in [0.4, 0.5) is 0 Å². The lowest BCUT2D eigenvalue weighted by Crippen LogP contribution is -2.48. The lowest BCUT2D eigenvalue weighted by Gasteiger charge is -2.44. The molecule has 2 aliphatic rings. The largest absolute Gasteiger partial charge is 0.327 e. The van der Waals surface area contributed by atoms with Gasteiger partial charge in [0.1, 0.15) is 0 Å². The Kier molecular flexibility index (Phi) is 5.18. The summed E-state index contributed by atoms with van der Waals surface area (Å²) in [4.78, 5) is 2.70. The summed E-state index contributed by atoms with van der Waals surface area (Å²) >= 11 is 0. The fraction of sp³-hybridized carbons (Fsp3) is 1.00. The van der Waals surface area contributed by atoms with Gasteiger partial charge in [-0.05, 0) is 54.8 Å². The Hall–Kier alpha value is -0.0800. The molecule has 2 N–H and O–H groups in total. The second-order valence-corrected chi connectivity index (χ2v) is 8.96. The van der Waals surface area contributed by atoms with Crippen molar-refractivity contribution in [3.8, 4) is 0 Å². The maximum atomic E-state index is 6.44. The number of piperidine rings is 1. The fourth-order valence-electron chi connectivity index (χ4n) is 4.56. The minimum atomic E-state index is 0.432. The van der Waals surface area contributed by atoms with Crippen LogP contribution in [0.1, 0.15) is 60.3 Å². The highest BCUT2D eigenvalue weighted by Gasteiger charge is 2.35. The Bertz CT molecular complexity index is 297. The Morgan fingerprint density at radius 1 is 1.00 bits per heavy atom. The predicted molar refractivity (Wildman–Crippen MR) is 87.6 cm³/mol. The Labute approximate surface area is 126 Å². The van der Waals surface area contributed by atoms with E-state index in [1.807, 2.05) is 0 Å². The van der Waals surface area contributed by atoms with Crippen molar-refractivity contribution >= 4 is 0 Å². The molecule has 1 aliphatic carbocycles. The van der Waals surface area contributed by atoms with Crippen LogP contribution in [0.5, 0.6) is 0 Å². The van der Waals surface area contributed by atoms with Crippen LogP contribution < -0.4 is 5.73 Å². The lowest BCUT2D eigenvalue weighted by molar-refractivity contribution is 0.0706. The van der Waals surface area contributed by atoms with E-state index in [1.54, 1.807) is 0 Å². The van der Waals surface area contributed by atoms with E-state index in [4.69, 9.17) is 5.73 Å². The van der Waals surface area contributed by atoms with E-state index in [1.165, 1.54) is 45.3 Å².